The number of carbonyl (C=O) groups excluding carboxylic acids is 2. The van der Waals surface area contributed by atoms with Crippen molar-refractivity contribution in [3.8, 4) is 0 Å². The summed E-state index contributed by atoms with van der Waals surface area (Å²) in [5.74, 6) is -0.349. The summed E-state index contributed by atoms with van der Waals surface area (Å²) in [5, 5.41) is 5.32. The second kappa shape index (κ2) is 3.68. The first-order chi connectivity index (χ1) is 8.15. The Morgan fingerprint density at radius 1 is 1.41 bits per heavy atom. The Kier molecular flexibility index (Phi) is 2.27. The standard InChI is InChI=1S/C10H6ClN3O2S/c11-4-1-2-12-5-3-6(17-8(4)5)7-9(15)14-10(16)13-7/h1-3,7H,(H2,13,14,15,16). The van der Waals surface area contributed by atoms with Crippen LogP contribution >= 0.6 is 22.9 Å². The molecule has 3 amide bonds. The van der Waals surface area contributed by atoms with Crippen molar-refractivity contribution in [2.45, 2.75) is 6.04 Å². The first-order valence-electron chi connectivity index (χ1n) is 4.80. The number of nitrogens with zero attached hydrogens (tertiary/aromatic N) is 1. The van der Waals surface area contributed by atoms with Gasteiger partial charge in [-0.15, -0.1) is 11.3 Å². The maximum absolute atomic E-state index is 11.5. The summed E-state index contributed by atoms with van der Waals surface area (Å²) in [6.07, 6.45) is 1.61. The van der Waals surface area contributed by atoms with Crippen molar-refractivity contribution >= 4 is 45.1 Å². The predicted molar refractivity (Wildman–Crippen MR) is 64.0 cm³/mol. The Balaban J connectivity index is 2.10. The zero-order valence-electron chi connectivity index (χ0n) is 8.36. The molecule has 1 unspecified atom stereocenters. The smallest absolute Gasteiger partial charge is 0.321 e. The van der Waals surface area contributed by atoms with Crippen molar-refractivity contribution in [2.24, 2.45) is 0 Å². The largest absolute Gasteiger partial charge is 0.322 e. The lowest BCUT2D eigenvalue weighted by Crippen LogP contribution is -2.22. The van der Waals surface area contributed by atoms with E-state index in [1.165, 1.54) is 11.3 Å². The summed E-state index contributed by atoms with van der Waals surface area (Å²) < 4.78 is 0.818. The molecular weight excluding hydrogens is 262 g/mol. The summed E-state index contributed by atoms with van der Waals surface area (Å²) in [5.41, 5.74) is 0.728. The van der Waals surface area contributed by atoms with Gasteiger partial charge in [-0.3, -0.25) is 15.1 Å². The first kappa shape index (κ1) is 10.5. The zero-order chi connectivity index (χ0) is 12.0. The molecule has 3 heterocycles. The highest BCUT2D eigenvalue weighted by molar-refractivity contribution is 7.19. The maximum atomic E-state index is 11.5. The minimum absolute atomic E-state index is 0.349. The molecule has 1 aliphatic rings. The third-order valence-corrected chi connectivity index (χ3v) is 4.09. The van der Waals surface area contributed by atoms with Crippen LogP contribution in [0, 0.1) is 0 Å². The molecule has 0 spiro atoms. The molecule has 7 heteroatoms. The van der Waals surface area contributed by atoms with Crippen LogP contribution in [0.3, 0.4) is 0 Å². The molecule has 2 aromatic rings. The van der Waals surface area contributed by atoms with Gasteiger partial charge in [0.15, 0.2) is 0 Å². The number of amides is 3. The number of hydrogen-bond donors (Lipinski definition) is 2. The van der Waals surface area contributed by atoms with Crippen molar-refractivity contribution < 1.29 is 9.59 Å². The summed E-state index contributed by atoms with van der Waals surface area (Å²) in [4.78, 5) is 27.4. The maximum Gasteiger partial charge on any atom is 0.322 e. The fourth-order valence-electron chi connectivity index (χ4n) is 1.68. The number of nitrogens with one attached hydrogen (secondary N) is 2. The first-order valence-corrected chi connectivity index (χ1v) is 6.00. The van der Waals surface area contributed by atoms with Crippen LogP contribution in [0.2, 0.25) is 5.02 Å². The fraction of sp³-hybridized carbons (Fsp3) is 0.100. The SMILES string of the molecule is O=C1NC(=O)C(c2cc3nccc(Cl)c3s2)N1. The van der Waals surface area contributed by atoms with Gasteiger partial charge in [-0.2, -0.15) is 0 Å². The Morgan fingerprint density at radius 2 is 2.24 bits per heavy atom. The van der Waals surface area contributed by atoms with Crippen molar-refractivity contribution in [3.05, 3.63) is 28.2 Å². The number of thiophene rings is 1. The Labute approximate surface area is 105 Å². The number of rotatable bonds is 1. The van der Waals surface area contributed by atoms with Gasteiger partial charge in [0.25, 0.3) is 5.91 Å². The van der Waals surface area contributed by atoms with Gasteiger partial charge in [0.1, 0.15) is 6.04 Å². The normalized spacial score (nSPS) is 19.5. The lowest BCUT2D eigenvalue weighted by Gasteiger charge is -2.01. The van der Waals surface area contributed by atoms with Crippen LogP contribution in [0.5, 0.6) is 0 Å². The van der Waals surface area contributed by atoms with Crippen molar-refractivity contribution in [3.63, 3.8) is 0 Å². The molecule has 0 aromatic carbocycles. The van der Waals surface area contributed by atoms with E-state index in [2.05, 4.69) is 15.6 Å². The summed E-state index contributed by atoms with van der Waals surface area (Å²) in [7, 11) is 0. The van der Waals surface area contributed by atoms with Gasteiger partial charge in [0.05, 0.1) is 15.2 Å². The van der Waals surface area contributed by atoms with Gasteiger partial charge in [0, 0.05) is 11.1 Å². The molecule has 3 rings (SSSR count). The topological polar surface area (TPSA) is 71.1 Å². The van der Waals surface area contributed by atoms with Crippen LogP contribution < -0.4 is 10.6 Å². The van der Waals surface area contributed by atoms with Gasteiger partial charge in [-0.1, -0.05) is 11.6 Å². The van der Waals surface area contributed by atoms with Gasteiger partial charge >= 0.3 is 6.03 Å². The number of aromatic nitrogens is 1. The van der Waals surface area contributed by atoms with E-state index < -0.39 is 12.1 Å². The molecule has 0 bridgehead atoms. The fourth-order valence-corrected chi connectivity index (χ4v) is 3.03. The van der Waals surface area contributed by atoms with Gasteiger partial charge in [-0.05, 0) is 12.1 Å². The van der Waals surface area contributed by atoms with Crippen LogP contribution in [-0.4, -0.2) is 16.9 Å². The van der Waals surface area contributed by atoms with E-state index in [9.17, 15) is 9.59 Å². The molecule has 86 valence electrons. The Morgan fingerprint density at radius 3 is 2.88 bits per heavy atom. The summed E-state index contributed by atoms with van der Waals surface area (Å²) in [6.45, 7) is 0. The van der Waals surface area contributed by atoms with Gasteiger partial charge in [-0.25, -0.2) is 4.79 Å². The van der Waals surface area contributed by atoms with E-state index in [-0.39, 0.29) is 5.91 Å². The average Bonchev–Trinajstić information content (AvgIpc) is 2.82. The highest BCUT2D eigenvalue weighted by Crippen LogP contribution is 2.34. The molecule has 0 radical (unpaired) electrons. The molecule has 5 nitrogen and oxygen atoms in total. The molecule has 1 saturated heterocycles. The second-order valence-electron chi connectivity index (χ2n) is 3.55. The van der Waals surface area contributed by atoms with Crippen LogP contribution in [0.1, 0.15) is 10.9 Å². The van der Waals surface area contributed by atoms with Crippen molar-refractivity contribution in [1.82, 2.24) is 15.6 Å². The summed E-state index contributed by atoms with van der Waals surface area (Å²) >= 11 is 7.38. The number of pyridine rings is 1. The number of halogens is 1. The van der Waals surface area contributed by atoms with Crippen LogP contribution in [-0.2, 0) is 4.79 Å². The molecule has 17 heavy (non-hydrogen) atoms. The second-order valence-corrected chi connectivity index (χ2v) is 5.04. The van der Waals surface area contributed by atoms with Crippen LogP contribution in [0.15, 0.2) is 18.3 Å². The molecule has 1 fully saturated rings. The van der Waals surface area contributed by atoms with Gasteiger partial charge in [0.2, 0.25) is 0 Å². The van der Waals surface area contributed by atoms with E-state index in [0.29, 0.717) is 5.02 Å². The number of carbonyl (C=O) groups is 2. The van der Waals surface area contributed by atoms with Crippen LogP contribution in [0.25, 0.3) is 10.2 Å². The molecule has 1 atom stereocenters. The summed E-state index contributed by atoms with van der Waals surface area (Å²) in [6, 6.07) is 2.34. The highest BCUT2D eigenvalue weighted by Gasteiger charge is 2.32. The van der Waals surface area contributed by atoms with E-state index in [1.54, 1.807) is 18.3 Å². The monoisotopic (exact) mass is 267 g/mol. The lowest BCUT2D eigenvalue weighted by atomic mass is 10.2. The van der Waals surface area contributed by atoms with E-state index in [4.69, 9.17) is 11.6 Å². The predicted octanol–water partition coefficient (Wildman–Crippen LogP) is 1.83. The molecule has 2 N–H and O–H groups in total. The van der Waals surface area contributed by atoms with Crippen molar-refractivity contribution in [2.75, 3.05) is 0 Å². The number of imide groups is 1. The molecule has 0 aliphatic carbocycles. The third-order valence-electron chi connectivity index (χ3n) is 2.44. The highest BCUT2D eigenvalue weighted by atomic mass is 35.5. The van der Waals surface area contributed by atoms with Crippen LogP contribution in [0.4, 0.5) is 4.79 Å². The van der Waals surface area contributed by atoms with Gasteiger partial charge < -0.3 is 5.32 Å². The Hall–Kier alpha value is -1.66. The minimum atomic E-state index is -0.641. The quantitative estimate of drug-likeness (QED) is 0.775. The number of fused-ring (bicyclic) bond motifs is 1. The molecule has 0 saturated carbocycles. The Bertz CT molecular complexity index is 640. The van der Waals surface area contributed by atoms with Crippen molar-refractivity contribution in [1.29, 1.82) is 0 Å². The third kappa shape index (κ3) is 1.65. The average molecular weight is 268 g/mol. The molecular formula is C10H6ClN3O2S. The zero-order valence-corrected chi connectivity index (χ0v) is 9.93. The number of urea groups is 1. The van der Waals surface area contributed by atoms with E-state index in [0.717, 1.165) is 15.1 Å². The minimum Gasteiger partial charge on any atom is -0.321 e. The number of hydrogen-bond acceptors (Lipinski definition) is 4. The van der Waals surface area contributed by atoms with E-state index in [1.807, 2.05) is 0 Å². The molecule has 1 aliphatic heterocycles. The van der Waals surface area contributed by atoms with E-state index >= 15 is 0 Å². The lowest BCUT2D eigenvalue weighted by molar-refractivity contribution is -0.120. The molecule has 2 aromatic heterocycles.